The van der Waals surface area contributed by atoms with Crippen molar-refractivity contribution in [2.75, 3.05) is 13.2 Å². The van der Waals surface area contributed by atoms with E-state index >= 15 is 0 Å². The van der Waals surface area contributed by atoms with Crippen molar-refractivity contribution in [2.45, 2.75) is 134 Å². The molecular weight excluding hydrogens is 562 g/mol. The van der Waals surface area contributed by atoms with Crippen molar-refractivity contribution in [3.63, 3.8) is 0 Å². The van der Waals surface area contributed by atoms with Crippen LogP contribution in [0.1, 0.15) is 110 Å². The molecule has 43 heavy (non-hydrogen) atoms. The van der Waals surface area contributed by atoms with Crippen molar-refractivity contribution in [3.05, 3.63) is 0 Å². The Morgan fingerprint density at radius 1 is 0.605 bits per heavy atom. The van der Waals surface area contributed by atoms with Crippen LogP contribution in [0.5, 0.6) is 0 Å². The van der Waals surface area contributed by atoms with E-state index in [-0.39, 0.29) is 6.42 Å². The molecule has 4 atom stereocenters. The standard InChI is InChI=1S/C29H53N5O9/c1-3-4-5-6-7-8-9-10-11-12-13-14-15-16-25(38)32-22(18-35)27(40)34-23(19-36)28(41)33-21(17-24(30)37)26(39)31-20(2)29(42)43/h20-23,35-36H,3-19H2,1-2H3,(H2,30,37)(H,31,39)(H,32,38)(H,33,41)(H,34,40)(H,42,43). The predicted molar refractivity (Wildman–Crippen MR) is 159 cm³/mol. The van der Waals surface area contributed by atoms with E-state index in [9.17, 15) is 39.0 Å². The summed E-state index contributed by atoms with van der Waals surface area (Å²) in [6.45, 7) is 1.70. The third kappa shape index (κ3) is 19.5. The fraction of sp³-hybridized carbons (Fsp3) is 0.793. The minimum Gasteiger partial charge on any atom is -0.480 e. The number of nitrogens with two attached hydrogens (primary N) is 1. The monoisotopic (exact) mass is 615 g/mol. The van der Waals surface area contributed by atoms with E-state index in [0.29, 0.717) is 6.42 Å². The van der Waals surface area contributed by atoms with Crippen LogP contribution in [0.3, 0.4) is 0 Å². The van der Waals surface area contributed by atoms with Gasteiger partial charge in [0.25, 0.3) is 0 Å². The average Bonchev–Trinajstić information content (AvgIpc) is 2.95. The number of amides is 5. The van der Waals surface area contributed by atoms with Gasteiger partial charge in [0.2, 0.25) is 29.5 Å². The minimum absolute atomic E-state index is 0.157. The summed E-state index contributed by atoms with van der Waals surface area (Å²) < 4.78 is 0. The molecule has 0 aromatic rings. The molecule has 0 aromatic carbocycles. The molecule has 0 saturated heterocycles. The van der Waals surface area contributed by atoms with Crippen LogP contribution in [0.2, 0.25) is 0 Å². The molecule has 0 saturated carbocycles. The van der Waals surface area contributed by atoms with Crippen molar-refractivity contribution in [1.82, 2.24) is 21.3 Å². The molecule has 0 aliphatic rings. The number of primary amides is 1. The second-order valence-corrected chi connectivity index (χ2v) is 10.8. The normalized spacial score (nSPS) is 13.7. The molecule has 0 fully saturated rings. The number of aliphatic carboxylic acids is 1. The van der Waals surface area contributed by atoms with Crippen molar-refractivity contribution in [1.29, 1.82) is 0 Å². The van der Waals surface area contributed by atoms with Gasteiger partial charge in [-0.15, -0.1) is 0 Å². The van der Waals surface area contributed by atoms with Crippen molar-refractivity contribution < 1.29 is 44.1 Å². The summed E-state index contributed by atoms with van der Waals surface area (Å²) in [6.07, 6.45) is 14.5. The number of rotatable bonds is 26. The SMILES string of the molecule is CCCCCCCCCCCCCCCC(=O)NC(CO)C(=O)NC(CO)C(=O)NC(CC(N)=O)C(=O)NC(C)C(=O)O. The van der Waals surface area contributed by atoms with Crippen LogP contribution >= 0.6 is 0 Å². The van der Waals surface area contributed by atoms with Crippen molar-refractivity contribution in [3.8, 4) is 0 Å². The second kappa shape index (κ2) is 24.2. The highest BCUT2D eigenvalue weighted by atomic mass is 16.4. The highest BCUT2D eigenvalue weighted by Crippen LogP contribution is 2.13. The summed E-state index contributed by atoms with van der Waals surface area (Å²) in [6, 6.07) is -5.91. The van der Waals surface area contributed by atoms with Gasteiger partial charge in [-0.1, -0.05) is 84.0 Å². The number of aliphatic hydroxyl groups excluding tert-OH is 2. The largest absolute Gasteiger partial charge is 0.480 e. The Morgan fingerprint density at radius 2 is 1.00 bits per heavy atom. The van der Waals surface area contributed by atoms with Gasteiger partial charge in [-0.25, -0.2) is 0 Å². The van der Waals surface area contributed by atoms with E-state index in [0.717, 1.165) is 19.3 Å². The maximum absolute atomic E-state index is 12.6. The maximum atomic E-state index is 12.6. The van der Waals surface area contributed by atoms with E-state index in [1.54, 1.807) is 0 Å². The number of carbonyl (C=O) groups excluding carboxylic acids is 5. The van der Waals surface area contributed by atoms with Crippen LogP contribution in [0.4, 0.5) is 0 Å². The number of carboxylic acid groups (broad SMARTS) is 1. The van der Waals surface area contributed by atoms with Gasteiger partial charge in [-0.3, -0.25) is 28.8 Å². The van der Waals surface area contributed by atoms with Crippen LogP contribution < -0.4 is 27.0 Å². The highest BCUT2D eigenvalue weighted by Gasteiger charge is 2.30. The molecule has 14 heteroatoms. The van der Waals surface area contributed by atoms with Crippen molar-refractivity contribution >= 4 is 35.5 Å². The molecule has 0 aromatic heterocycles. The van der Waals surface area contributed by atoms with E-state index in [2.05, 4.69) is 28.2 Å². The summed E-state index contributed by atoms with van der Waals surface area (Å²) in [7, 11) is 0. The first-order valence-electron chi connectivity index (χ1n) is 15.4. The average molecular weight is 616 g/mol. The van der Waals surface area contributed by atoms with Gasteiger partial charge in [-0.05, 0) is 13.3 Å². The van der Waals surface area contributed by atoms with Gasteiger partial charge in [-0.2, -0.15) is 0 Å². The molecule has 5 amide bonds. The Balaban J connectivity index is 4.55. The van der Waals surface area contributed by atoms with E-state index < -0.39 is 79.3 Å². The quantitative estimate of drug-likeness (QED) is 0.0626. The molecule has 0 aliphatic heterocycles. The van der Waals surface area contributed by atoms with Crippen LogP contribution in [-0.2, 0) is 28.8 Å². The van der Waals surface area contributed by atoms with E-state index in [4.69, 9.17) is 10.8 Å². The lowest BCUT2D eigenvalue weighted by Crippen LogP contribution is -2.59. The van der Waals surface area contributed by atoms with Crippen LogP contribution in [0.15, 0.2) is 0 Å². The molecule has 0 heterocycles. The molecule has 0 aliphatic carbocycles. The fourth-order valence-corrected chi connectivity index (χ4v) is 4.29. The minimum atomic E-state index is -1.61. The molecule has 0 radical (unpaired) electrons. The predicted octanol–water partition coefficient (Wildman–Crippen LogP) is 0.371. The second-order valence-electron chi connectivity index (χ2n) is 10.8. The molecule has 0 bridgehead atoms. The lowest BCUT2D eigenvalue weighted by molar-refractivity contribution is -0.142. The first-order chi connectivity index (χ1) is 20.5. The number of carboxylic acids is 1. The molecule has 248 valence electrons. The number of nitrogens with one attached hydrogen (secondary N) is 4. The van der Waals surface area contributed by atoms with Crippen molar-refractivity contribution in [2.24, 2.45) is 5.73 Å². The molecule has 0 rings (SSSR count). The van der Waals surface area contributed by atoms with Gasteiger partial charge < -0.3 is 42.3 Å². The Morgan fingerprint density at radius 3 is 1.42 bits per heavy atom. The number of hydrogen-bond donors (Lipinski definition) is 8. The lowest BCUT2D eigenvalue weighted by atomic mass is 10.0. The van der Waals surface area contributed by atoms with E-state index in [1.165, 1.54) is 64.7 Å². The molecule has 4 unspecified atom stereocenters. The highest BCUT2D eigenvalue weighted by molar-refractivity contribution is 5.96. The first-order valence-corrected chi connectivity index (χ1v) is 15.4. The van der Waals surface area contributed by atoms with E-state index in [1.807, 2.05) is 0 Å². The number of hydrogen-bond acceptors (Lipinski definition) is 8. The van der Waals surface area contributed by atoms with Gasteiger partial charge >= 0.3 is 5.97 Å². The summed E-state index contributed by atoms with van der Waals surface area (Å²) >= 11 is 0. The molecular formula is C29H53N5O9. The summed E-state index contributed by atoms with van der Waals surface area (Å²) in [4.78, 5) is 72.2. The number of aliphatic hydroxyl groups is 2. The Labute approximate surface area is 254 Å². The maximum Gasteiger partial charge on any atom is 0.325 e. The smallest absolute Gasteiger partial charge is 0.325 e. The zero-order chi connectivity index (χ0) is 32.6. The van der Waals surface area contributed by atoms with Crippen LogP contribution in [-0.4, -0.2) is 88.2 Å². The lowest BCUT2D eigenvalue weighted by Gasteiger charge is -2.24. The van der Waals surface area contributed by atoms with Crippen LogP contribution in [0, 0.1) is 0 Å². The third-order valence-electron chi connectivity index (χ3n) is 6.92. The number of carbonyl (C=O) groups is 6. The Bertz CT molecular complexity index is 871. The number of unbranched alkanes of at least 4 members (excludes halogenated alkanes) is 12. The third-order valence-corrected chi connectivity index (χ3v) is 6.92. The molecule has 14 nitrogen and oxygen atoms in total. The first kappa shape index (κ1) is 39.7. The van der Waals surface area contributed by atoms with Gasteiger partial charge in [0.15, 0.2) is 0 Å². The van der Waals surface area contributed by atoms with Gasteiger partial charge in [0.1, 0.15) is 24.2 Å². The Hall–Kier alpha value is -3.26. The zero-order valence-corrected chi connectivity index (χ0v) is 25.7. The summed E-state index contributed by atoms with van der Waals surface area (Å²) in [5.41, 5.74) is 5.11. The van der Waals surface area contributed by atoms with Crippen LogP contribution in [0.25, 0.3) is 0 Å². The summed E-state index contributed by atoms with van der Waals surface area (Å²) in [5, 5.41) is 37.0. The Kier molecular flexibility index (Phi) is 22.4. The van der Waals surface area contributed by atoms with Gasteiger partial charge in [0.05, 0.1) is 19.6 Å². The zero-order valence-electron chi connectivity index (χ0n) is 25.7. The topological polar surface area (TPSA) is 237 Å². The summed E-state index contributed by atoms with van der Waals surface area (Å²) in [5.74, 6) is -5.82. The fourth-order valence-electron chi connectivity index (χ4n) is 4.29. The molecule has 0 spiro atoms. The van der Waals surface area contributed by atoms with Gasteiger partial charge in [0, 0.05) is 6.42 Å². The molecule has 9 N–H and O–H groups in total.